The van der Waals surface area contributed by atoms with Gasteiger partial charge in [-0.15, -0.1) is 11.8 Å². The molecular weight excluding hydrogens is 417 g/mol. The molecule has 1 aromatic heterocycles. The Balaban J connectivity index is 1.51. The minimum Gasteiger partial charge on any atom is -0.378 e. The zero-order valence-electron chi connectivity index (χ0n) is 16.8. The van der Waals surface area contributed by atoms with E-state index < -0.39 is 11.3 Å². The van der Waals surface area contributed by atoms with E-state index in [2.05, 4.69) is 32.5 Å². The maximum atomic E-state index is 14.6. The van der Waals surface area contributed by atoms with Crippen molar-refractivity contribution in [3.63, 3.8) is 0 Å². The Morgan fingerprint density at radius 3 is 3.13 bits per heavy atom. The van der Waals surface area contributed by atoms with Crippen LogP contribution in [0.25, 0.3) is 0 Å². The lowest BCUT2D eigenvalue weighted by Gasteiger charge is -2.37. The normalized spacial score (nSPS) is 30.8. The number of carbonyl (C=O) groups is 1. The quantitative estimate of drug-likeness (QED) is 0.543. The lowest BCUT2D eigenvalue weighted by atomic mass is 9.84. The number of hydrogen-bond donors (Lipinski definition) is 4. The molecule has 2 fully saturated rings. The first-order valence-electron chi connectivity index (χ1n) is 10.4. The zero-order chi connectivity index (χ0) is 21.5. The van der Waals surface area contributed by atoms with Gasteiger partial charge in [0.2, 0.25) is 11.9 Å². The van der Waals surface area contributed by atoms with Crippen LogP contribution < -0.4 is 16.0 Å². The molecule has 6 atom stereocenters. The fraction of sp³-hybridized carbons (Fsp3) is 0.409. The predicted octanol–water partition coefficient (Wildman–Crippen LogP) is 3.20. The van der Waals surface area contributed by atoms with Gasteiger partial charge in [0.25, 0.3) is 0 Å². The van der Waals surface area contributed by atoms with Gasteiger partial charge in [-0.1, -0.05) is 18.7 Å². The van der Waals surface area contributed by atoms with Crippen LogP contribution in [0.1, 0.15) is 23.8 Å². The van der Waals surface area contributed by atoms with Crippen molar-refractivity contribution >= 4 is 35.1 Å². The molecule has 2 aromatic rings. The van der Waals surface area contributed by atoms with Gasteiger partial charge in [-0.3, -0.25) is 4.79 Å². The number of anilines is 3. The number of thioether (sulfide) groups is 1. The Labute approximate surface area is 183 Å². The number of aromatic nitrogens is 2. The van der Waals surface area contributed by atoms with E-state index in [0.29, 0.717) is 12.5 Å². The van der Waals surface area contributed by atoms with Gasteiger partial charge in [0.1, 0.15) is 5.44 Å². The number of aliphatic hydroxyl groups is 1. The molecule has 2 saturated carbocycles. The molecule has 0 radical (unpaired) electrons. The van der Waals surface area contributed by atoms with Crippen LogP contribution in [0, 0.1) is 23.6 Å². The molecule has 6 unspecified atom stereocenters. The number of carbonyl (C=O) groups excluding carboxylic acids is 1. The topological polar surface area (TPSA) is 99.2 Å². The Bertz CT molecular complexity index is 1020. The molecule has 162 valence electrons. The highest BCUT2D eigenvalue weighted by Crippen LogP contribution is 2.55. The minimum atomic E-state index is -0.660. The van der Waals surface area contributed by atoms with Crippen LogP contribution in [0.3, 0.4) is 0 Å². The maximum Gasteiger partial charge on any atom is 0.243 e. The van der Waals surface area contributed by atoms with Crippen LogP contribution in [0.5, 0.6) is 0 Å². The second-order valence-electron chi connectivity index (χ2n) is 8.35. The Hall–Kier alpha value is -2.65. The molecule has 4 N–H and O–H groups in total. The van der Waals surface area contributed by atoms with E-state index in [0.717, 1.165) is 30.3 Å². The van der Waals surface area contributed by atoms with Crippen LogP contribution in [-0.2, 0) is 4.79 Å². The summed E-state index contributed by atoms with van der Waals surface area (Å²) in [5.41, 5.74) is 0.872. The van der Waals surface area contributed by atoms with E-state index in [4.69, 9.17) is 0 Å². The van der Waals surface area contributed by atoms with Gasteiger partial charge in [-0.25, -0.2) is 9.37 Å². The van der Waals surface area contributed by atoms with Gasteiger partial charge in [-0.05, 0) is 54.4 Å². The number of nitrogens with zero attached hydrogens (tertiary/aromatic N) is 2. The molecule has 9 heteroatoms. The van der Waals surface area contributed by atoms with Gasteiger partial charge in [0.05, 0.1) is 6.20 Å². The summed E-state index contributed by atoms with van der Waals surface area (Å²) in [7, 11) is 0. The first kappa shape index (κ1) is 20.3. The minimum absolute atomic E-state index is 0.0744. The van der Waals surface area contributed by atoms with Crippen LogP contribution in [-0.4, -0.2) is 38.8 Å². The number of hydrogen-bond acceptors (Lipinski definition) is 7. The van der Waals surface area contributed by atoms with Gasteiger partial charge < -0.3 is 21.1 Å². The molecule has 7 nitrogen and oxygen atoms in total. The van der Waals surface area contributed by atoms with E-state index in [1.165, 1.54) is 6.08 Å². The largest absolute Gasteiger partial charge is 0.378 e. The monoisotopic (exact) mass is 441 g/mol. The lowest BCUT2D eigenvalue weighted by Crippen LogP contribution is -2.45. The summed E-state index contributed by atoms with van der Waals surface area (Å²) < 4.78 is 14.6. The zero-order valence-corrected chi connectivity index (χ0v) is 17.6. The number of aliphatic hydroxyl groups excluding tert-OH is 1. The highest BCUT2D eigenvalue weighted by atomic mass is 32.2. The van der Waals surface area contributed by atoms with Crippen molar-refractivity contribution in [1.29, 1.82) is 0 Å². The SMILES string of the molecule is C=CC(=O)NCC1C2CC3SC(O)c4cccc(c4)Nc4ncc(F)c(n4)NC1C3C2. The molecule has 5 rings (SSSR count). The van der Waals surface area contributed by atoms with Gasteiger partial charge >= 0.3 is 0 Å². The summed E-state index contributed by atoms with van der Waals surface area (Å²) in [6.45, 7) is 4.00. The molecule has 2 aliphatic carbocycles. The molecule has 0 saturated heterocycles. The molecule has 2 heterocycles. The molecule has 0 spiro atoms. The average molecular weight is 442 g/mol. The molecule has 1 aromatic carbocycles. The summed E-state index contributed by atoms with van der Waals surface area (Å²) in [4.78, 5) is 20.2. The van der Waals surface area contributed by atoms with E-state index in [-0.39, 0.29) is 40.8 Å². The van der Waals surface area contributed by atoms with Crippen molar-refractivity contribution in [2.45, 2.75) is 29.6 Å². The fourth-order valence-corrected chi connectivity index (χ4v) is 6.67. The molecular formula is C22H24FN5O2S. The first-order valence-corrected chi connectivity index (χ1v) is 11.4. The van der Waals surface area contributed by atoms with Crippen molar-refractivity contribution < 1.29 is 14.3 Å². The van der Waals surface area contributed by atoms with Gasteiger partial charge in [-0.2, -0.15) is 4.98 Å². The van der Waals surface area contributed by atoms with Crippen LogP contribution >= 0.6 is 11.8 Å². The van der Waals surface area contributed by atoms with E-state index in [9.17, 15) is 14.3 Å². The molecule has 1 aliphatic heterocycles. The summed E-state index contributed by atoms with van der Waals surface area (Å²) in [5, 5.41) is 20.4. The fourth-order valence-electron chi connectivity index (χ4n) is 5.19. The average Bonchev–Trinajstić information content (AvgIpc) is 3.32. The summed E-state index contributed by atoms with van der Waals surface area (Å²) >= 11 is 1.56. The number of nitrogens with one attached hydrogen (secondary N) is 3. The van der Waals surface area contributed by atoms with Crippen molar-refractivity contribution in [2.75, 3.05) is 17.2 Å². The maximum absolute atomic E-state index is 14.6. The van der Waals surface area contributed by atoms with E-state index in [1.807, 2.05) is 24.3 Å². The number of rotatable bonds is 3. The van der Waals surface area contributed by atoms with Gasteiger partial charge in [0, 0.05) is 23.5 Å². The third-order valence-corrected chi connectivity index (χ3v) is 8.01. The smallest absolute Gasteiger partial charge is 0.243 e. The van der Waals surface area contributed by atoms with Gasteiger partial charge in [0.15, 0.2) is 11.6 Å². The number of fused-ring (bicyclic) bond motifs is 5. The third kappa shape index (κ3) is 3.87. The Kier molecular flexibility index (Phi) is 5.31. The second kappa shape index (κ2) is 8.12. The number of benzene rings is 1. The van der Waals surface area contributed by atoms with Crippen molar-refractivity contribution in [1.82, 2.24) is 15.3 Å². The van der Waals surface area contributed by atoms with Crippen LogP contribution in [0.15, 0.2) is 43.1 Å². The molecule has 31 heavy (non-hydrogen) atoms. The number of halogens is 1. The highest BCUT2D eigenvalue weighted by molar-refractivity contribution is 8.00. The summed E-state index contributed by atoms with van der Waals surface area (Å²) in [6.07, 6.45) is 4.34. The van der Waals surface area contributed by atoms with E-state index in [1.54, 1.807) is 11.8 Å². The first-order chi connectivity index (χ1) is 15.0. The Morgan fingerprint density at radius 2 is 2.29 bits per heavy atom. The van der Waals surface area contributed by atoms with E-state index >= 15 is 0 Å². The molecule has 3 aliphatic rings. The van der Waals surface area contributed by atoms with Crippen molar-refractivity contribution in [3.05, 3.63) is 54.5 Å². The van der Waals surface area contributed by atoms with Crippen LogP contribution in [0.4, 0.5) is 21.8 Å². The summed E-state index contributed by atoms with van der Waals surface area (Å²) in [5.74, 6) is 0.428. The highest BCUT2D eigenvalue weighted by Gasteiger charge is 2.53. The predicted molar refractivity (Wildman–Crippen MR) is 118 cm³/mol. The second-order valence-corrected chi connectivity index (χ2v) is 9.67. The standard InChI is InChI=1S/C22H24FN5O2S/c1-2-18(29)24-9-15-12-7-14-17(8-12)31-21(30)11-4-3-5-13(6-11)26-22-25-10-16(23)20(28-22)27-19(14)15/h2-6,10,12,14-15,17,19,21,30H,1,7-9H2,(H,24,29)(H2,25,26,27,28). The van der Waals surface area contributed by atoms with Crippen molar-refractivity contribution in [3.8, 4) is 0 Å². The lowest BCUT2D eigenvalue weighted by molar-refractivity contribution is -0.116. The molecule has 1 amide bonds. The van der Waals surface area contributed by atoms with Crippen LogP contribution in [0.2, 0.25) is 0 Å². The van der Waals surface area contributed by atoms with Crippen molar-refractivity contribution in [2.24, 2.45) is 17.8 Å². The Morgan fingerprint density at radius 1 is 1.42 bits per heavy atom. The number of amides is 1. The molecule has 6 bridgehead atoms. The third-order valence-electron chi connectivity index (χ3n) is 6.59. The summed E-state index contributed by atoms with van der Waals surface area (Å²) in [6, 6.07) is 7.42.